The van der Waals surface area contributed by atoms with Gasteiger partial charge >= 0.3 is 0 Å². The van der Waals surface area contributed by atoms with Crippen LogP contribution in [0.4, 0.5) is 0 Å². The number of hydrogen-bond donors (Lipinski definition) is 0. The monoisotopic (exact) mass is 340 g/mol. The number of hydrogen-bond acceptors (Lipinski definition) is 4. The van der Waals surface area contributed by atoms with Gasteiger partial charge in [0.05, 0.1) is 13.2 Å². The average molecular weight is 340 g/mol. The van der Waals surface area contributed by atoms with Gasteiger partial charge in [-0.05, 0) is 44.5 Å². The molecular formula is C21H28N2O2. The standard InChI is InChI=1S/C21H28N2O2/c1-3-24-20-8-5-4-7-18(20)15-23-14-6-11-21(2,16-23)17-25-19-9-12-22-13-10-19/h4-5,7-10,12-13H,3,6,11,14-17H2,1-2H3. The molecule has 4 heteroatoms. The lowest BCUT2D eigenvalue weighted by Gasteiger charge is -2.40. The molecule has 0 spiro atoms. The molecule has 134 valence electrons. The van der Waals surface area contributed by atoms with Crippen LogP contribution in [0.25, 0.3) is 0 Å². The third-order valence-electron chi connectivity index (χ3n) is 4.76. The van der Waals surface area contributed by atoms with Gasteiger partial charge in [-0.25, -0.2) is 0 Å². The first-order chi connectivity index (χ1) is 12.2. The molecular weight excluding hydrogens is 312 g/mol. The Hall–Kier alpha value is -2.07. The van der Waals surface area contributed by atoms with Crippen molar-refractivity contribution in [3.8, 4) is 11.5 Å². The molecule has 1 aliphatic heterocycles. The molecule has 1 saturated heterocycles. The molecule has 0 amide bonds. The lowest BCUT2D eigenvalue weighted by atomic mass is 9.82. The Morgan fingerprint density at radius 3 is 2.72 bits per heavy atom. The summed E-state index contributed by atoms with van der Waals surface area (Å²) in [7, 11) is 0. The number of pyridine rings is 1. The van der Waals surface area contributed by atoms with E-state index >= 15 is 0 Å². The van der Waals surface area contributed by atoms with Crippen LogP contribution in [-0.2, 0) is 6.54 Å². The molecule has 0 saturated carbocycles. The number of rotatable bonds is 7. The minimum Gasteiger partial charge on any atom is -0.494 e. The van der Waals surface area contributed by atoms with Gasteiger partial charge in [0.25, 0.3) is 0 Å². The van der Waals surface area contributed by atoms with Gasteiger partial charge in [0.2, 0.25) is 0 Å². The topological polar surface area (TPSA) is 34.6 Å². The van der Waals surface area contributed by atoms with Gasteiger partial charge in [0.15, 0.2) is 0 Å². The molecule has 0 aliphatic carbocycles. The number of aromatic nitrogens is 1. The van der Waals surface area contributed by atoms with Crippen molar-refractivity contribution >= 4 is 0 Å². The fourth-order valence-electron chi connectivity index (χ4n) is 3.54. The van der Waals surface area contributed by atoms with Crippen LogP contribution in [0.5, 0.6) is 11.5 Å². The van der Waals surface area contributed by atoms with Crippen molar-refractivity contribution in [2.24, 2.45) is 5.41 Å². The van der Waals surface area contributed by atoms with E-state index in [2.05, 4.69) is 35.0 Å². The third kappa shape index (κ3) is 4.95. The van der Waals surface area contributed by atoms with Crippen LogP contribution in [0.3, 0.4) is 0 Å². The summed E-state index contributed by atoms with van der Waals surface area (Å²) in [5.74, 6) is 1.90. The van der Waals surface area contributed by atoms with Crippen molar-refractivity contribution in [3.63, 3.8) is 0 Å². The zero-order valence-electron chi connectivity index (χ0n) is 15.3. The van der Waals surface area contributed by atoms with E-state index < -0.39 is 0 Å². The lowest BCUT2D eigenvalue weighted by Crippen LogP contribution is -2.44. The number of ether oxygens (including phenoxy) is 2. The zero-order valence-corrected chi connectivity index (χ0v) is 15.3. The first-order valence-corrected chi connectivity index (χ1v) is 9.14. The summed E-state index contributed by atoms with van der Waals surface area (Å²) in [6.07, 6.45) is 5.94. The molecule has 1 aromatic carbocycles. The van der Waals surface area contributed by atoms with Crippen LogP contribution >= 0.6 is 0 Å². The van der Waals surface area contributed by atoms with E-state index in [1.54, 1.807) is 12.4 Å². The highest BCUT2D eigenvalue weighted by atomic mass is 16.5. The van der Waals surface area contributed by atoms with Gasteiger partial charge < -0.3 is 9.47 Å². The summed E-state index contributed by atoms with van der Waals surface area (Å²) in [6.45, 7) is 8.90. The number of likely N-dealkylation sites (tertiary alicyclic amines) is 1. The first-order valence-electron chi connectivity index (χ1n) is 9.14. The van der Waals surface area contributed by atoms with Crippen LogP contribution in [-0.4, -0.2) is 36.2 Å². The first kappa shape index (κ1) is 17.7. The number of benzene rings is 1. The average Bonchev–Trinajstić information content (AvgIpc) is 2.63. The lowest BCUT2D eigenvalue weighted by molar-refractivity contribution is 0.0518. The van der Waals surface area contributed by atoms with E-state index in [1.807, 2.05) is 25.1 Å². The molecule has 4 nitrogen and oxygen atoms in total. The van der Waals surface area contributed by atoms with Crippen molar-refractivity contribution < 1.29 is 9.47 Å². The van der Waals surface area contributed by atoms with Gasteiger partial charge in [-0.1, -0.05) is 25.1 Å². The molecule has 1 aliphatic rings. The zero-order chi connectivity index (χ0) is 17.5. The maximum Gasteiger partial charge on any atom is 0.123 e. The molecule has 1 atom stereocenters. The van der Waals surface area contributed by atoms with E-state index in [-0.39, 0.29) is 5.41 Å². The molecule has 0 N–H and O–H groups in total. The number of para-hydroxylation sites is 1. The van der Waals surface area contributed by atoms with Crippen LogP contribution in [0.2, 0.25) is 0 Å². The summed E-state index contributed by atoms with van der Waals surface area (Å²) in [5.41, 5.74) is 1.44. The minimum absolute atomic E-state index is 0.169. The summed E-state index contributed by atoms with van der Waals surface area (Å²) in [6, 6.07) is 12.2. The van der Waals surface area contributed by atoms with Crippen molar-refractivity contribution in [1.82, 2.24) is 9.88 Å². The van der Waals surface area contributed by atoms with Crippen molar-refractivity contribution in [2.45, 2.75) is 33.2 Å². The van der Waals surface area contributed by atoms with E-state index in [9.17, 15) is 0 Å². The number of piperidine rings is 1. The molecule has 2 aromatic rings. The van der Waals surface area contributed by atoms with Gasteiger partial charge in [-0.3, -0.25) is 9.88 Å². The van der Waals surface area contributed by atoms with Gasteiger partial charge in [-0.2, -0.15) is 0 Å². The van der Waals surface area contributed by atoms with Crippen molar-refractivity contribution in [1.29, 1.82) is 0 Å². The normalized spacial score (nSPS) is 21.0. The Morgan fingerprint density at radius 1 is 1.12 bits per heavy atom. The van der Waals surface area contributed by atoms with E-state index in [0.717, 1.165) is 37.7 Å². The number of nitrogens with zero attached hydrogens (tertiary/aromatic N) is 2. The summed E-state index contributed by atoms with van der Waals surface area (Å²) in [4.78, 5) is 6.56. The highest BCUT2D eigenvalue weighted by Crippen LogP contribution is 2.32. The predicted octanol–water partition coefficient (Wildman–Crippen LogP) is 4.16. The largest absolute Gasteiger partial charge is 0.494 e. The van der Waals surface area contributed by atoms with Crippen molar-refractivity contribution in [2.75, 3.05) is 26.3 Å². The minimum atomic E-state index is 0.169. The highest BCUT2D eigenvalue weighted by molar-refractivity contribution is 5.33. The third-order valence-corrected chi connectivity index (χ3v) is 4.76. The van der Waals surface area contributed by atoms with Crippen LogP contribution in [0.1, 0.15) is 32.3 Å². The maximum atomic E-state index is 6.02. The predicted molar refractivity (Wildman–Crippen MR) is 100.0 cm³/mol. The molecule has 0 radical (unpaired) electrons. The Balaban J connectivity index is 1.60. The SMILES string of the molecule is CCOc1ccccc1CN1CCCC(C)(COc2ccncc2)C1. The highest BCUT2D eigenvalue weighted by Gasteiger charge is 2.32. The molecule has 3 rings (SSSR count). The van der Waals surface area contributed by atoms with E-state index in [1.165, 1.54) is 18.4 Å². The van der Waals surface area contributed by atoms with Gasteiger partial charge in [0, 0.05) is 36.5 Å². The van der Waals surface area contributed by atoms with Crippen LogP contribution in [0, 0.1) is 5.41 Å². The Bertz CT molecular complexity index is 662. The second-order valence-corrected chi connectivity index (χ2v) is 7.14. The molecule has 1 aromatic heterocycles. The van der Waals surface area contributed by atoms with E-state index in [4.69, 9.17) is 9.47 Å². The molecule has 1 unspecified atom stereocenters. The molecule has 2 heterocycles. The van der Waals surface area contributed by atoms with Gasteiger partial charge in [-0.15, -0.1) is 0 Å². The summed E-state index contributed by atoms with van der Waals surface area (Å²) < 4.78 is 11.8. The summed E-state index contributed by atoms with van der Waals surface area (Å²) in [5, 5.41) is 0. The van der Waals surface area contributed by atoms with Crippen LogP contribution in [0.15, 0.2) is 48.8 Å². The second kappa shape index (κ2) is 8.34. The summed E-state index contributed by atoms with van der Waals surface area (Å²) >= 11 is 0. The maximum absolute atomic E-state index is 6.02. The Morgan fingerprint density at radius 2 is 1.92 bits per heavy atom. The fourth-order valence-corrected chi connectivity index (χ4v) is 3.54. The Kier molecular flexibility index (Phi) is 5.92. The smallest absolute Gasteiger partial charge is 0.123 e. The fraction of sp³-hybridized carbons (Fsp3) is 0.476. The second-order valence-electron chi connectivity index (χ2n) is 7.14. The molecule has 1 fully saturated rings. The molecule has 0 bridgehead atoms. The van der Waals surface area contributed by atoms with E-state index in [0.29, 0.717) is 6.61 Å². The molecule has 25 heavy (non-hydrogen) atoms. The van der Waals surface area contributed by atoms with Crippen LogP contribution < -0.4 is 9.47 Å². The quantitative estimate of drug-likeness (QED) is 0.758. The van der Waals surface area contributed by atoms with Gasteiger partial charge in [0.1, 0.15) is 11.5 Å². The Labute approximate surface area is 150 Å². The van der Waals surface area contributed by atoms with Crippen molar-refractivity contribution in [3.05, 3.63) is 54.4 Å².